The highest BCUT2D eigenvalue weighted by atomic mass is 16.1. The minimum atomic E-state index is -0.209. The Hall–Kier alpha value is -1.65. The summed E-state index contributed by atoms with van der Waals surface area (Å²) >= 11 is 0. The maximum atomic E-state index is 11.2. The molecule has 1 aromatic heterocycles. The molecule has 1 unspecified atom stereocenters. The van der Waals surface area contributed by atoms with Crippen LogP contribution in [-0.4, -0.2) is 29.0 Å². The van der Waals surface area contributed by atoms with Gasteiger partial charge < -0.3 is 10.6 Å². The molecule has 1 atom stereocenters. The van der Waals surface area contributed by atoms with Gasteiger partial charge in [-0.3, -0.25) is 4.79 Å². The van der Waals surface area contributed by atoms with Gasteiger partial charge in [0.2, 0.25) is 5.91 Å². The maximum absolute atomic E-state index is 11.2. The fourth-order valence-electron chi connectivity index (χ4n) is 2.17. The van der Waals surface area contributed by atoms with Crippen molar-refractivity contribution in [2.45, 2.75) is 26.2 Å². The average molecular weight is 234 g/mol. The van der Waals surface area contributed by atoms with Crippen LogP contribution in [0.25, 0.3) is 0 Å². The Labute approximate surface area is 101 Å². The van der Waals surface area contributed by atoms with Gasteiger partial charge in [0, 0.05) is 24.8 Å². The minimum absolute atomic E-state index is 0.0520. The maximum Gasteiger partial charge on any atom is 0.222 e. The van der Waals surface area contributed by atoms with Crippen LogP contribution in [0.4, 0.5) is 5.82 Å². The van der Waals surface area contributed by atoms with Gasteiger partial charge in [-0.2, -0.15) is 0 Å². The van der Waals surface area contributed by atoms with Gasteiger partial charge in [-0.1, -0.05) is 6.92 Å². The van der Waals surface area contributed by atoms with Crippen LogP contribution in [0.5, 0.6) is 0 Å². The lowest BCUT2D eigenvalue weighted by Crippen LogP contribution is -2.41. The van der Waals surface area contributed by atoms with Crippen LogP contribution in [-0.2, 0) is 11.2 Å². The Morgan fingerprint density at radius 1 is 1.59 bits per heavy atom. The quantitative estimate of drug-likeness (QED) is 0.837. The summed E-state index contributed by atoms with van der Waals surface area (Å²) in [6.07, 6.45) is 4.35. The normalized spacial score (nSPS) is 20.3. The van der Waals surface area contributed by atoms with Gasteiger partial charge in [0.15, 0.2) is 0 Å². The third kappa shape index (κ3) is 2.72. The molecule has 1 amide bonds. The van der Waals surface area contributed by atoms with Crippen LogP contribution in [0.2, 0.25) is 0 Å². The summed E-state index contributed by atoms with van der Waals surface area (Å²) in [6, 6.07) is 1.99. The number of aryl methyl sites for hydroxylation is 1. The predicted octanol–water partition coefficient (Wildman–Crippen LogP) is 0.741. The molecule has 1 aliphatic heterocycles. The Kier molecular flexibility index (Phi) is 3.56. The molecule has 2 heterocycles. The summed E-state index contributed by atoms with van der Waals surface area (Å²) in [5.74, 6) is 0.645. The molecule has 5 nitrogen and oxygen atoms in total. The van der Waals surface area contributed by atoms with E-state index in [1.54, 1.807) is 6.33 Å². The molecule has 0 spiro atoms. The molecule has 1 aliphatic rings. The van der Waals surface area contributed by atoms with E-state index in [-0.39, 0.29) is 11.8 Å². The van der Waals surface area contributed by atoms with E-state index in [1.165, 1.54) is 0 Å². The standard InChI is InChI=1S/C12H18N4O/c1-2-10-6-11(15-8-14-10)16-5-3-4-9(7-16)12(13)17/h6,8-9H,2-5,7H2,1H3,(H2,13,17). The van der Waals surface area contributed by atoms with E-state index in [4.69, 9.17) is 5.73 Å². The van der Waals surface area contributed by atoms with Crippen molar-refractivity contribution >= 4 is 11.7 Å². The van der Waals surface area contributed by atoms with Gasteiger partial charge in [-0.15, -0.1) is 0 Å². The van der Waals surface area contributed by atoms with Crippen molar-refractivity contribution in [1.82, 2.24) is 9.97 Å². The summed E-state index contributed by atoms with van der Waals surface area (Å²) < 4.78 is 0. The van der Waals surface area contributed by atoms with Gasteiger partial charge in [0.05, 0.1) is 5.92 Å². The largest absolute Gasteiger partial charge is 0.369 e. The van der Waals surface area contributed by atoms with E-state index < -0.39 is 0 Å². The number of amides is 1. The molecule has 1 aromatic rings. The molecule has 1 saturated heterocycles. The first-order chi connectivity index (χ1) is 8.20. The fourth-order valence-corrected chi connectivity index (χ4v) is 2.17. The second-order valence-corrected chi connectivity index (χ2v) is 4.41. The zero-order valence-corrected chi connectivity index (χ0v) is 10.1. The number of rotatable bonds is 3. The lowest BCUT2D eigenvalue weighted by molar-refractivity contribution is -0.122. The van der Waals surface area contributed by atoms with Crippen molar-refractivity contribution in [2.24, 2.45) is 11.7 Å². The predicted molar refractivity (Wildman–Crippen MR) is 65.5 cm³/mol. The van der Waals surface area contributed by atoms with Crippen LogP contribution in [0.1, 0.15) is 25.5 Å². The van der Waals surface area contributed by atoms with Gasteiger partial charge in [-0.05, 0) is 19.3 Å². The molecule has 2 N–H and O–H groups in total. The number of nitrogens with zero attached hydrogens (tertiary/aromatic N) is 3. The van der Waals surface area contributed by atoms with E-state index in [1.807, 2.05) is 6.07 Å². The summed E-state index contributed by atoms with van der Waals surface area (Å²) in [5, 5.41) is 0. The van der Waals surface area contributed by atoms with Crippen molar-refractivity contribution < 1.29 is 4.79 Å². The second-order valence-electron chi connectivity index (χ2n) is 4.41. The molecule has 1 fully saturated rings. The van der Waals surface area contributed by atoms with Crippen molar-refractivity contribution in [2.75, 3.05) is 18.0 Å². The van der Waals surface area contributed by atoms with Crippen LogP contribution >= 0.6 is 0 Å². The monoisotopic (exact) mass is 234 g/mol. The highest BCUT2D eigenvalue weighted by Crippen LogP contribution is 2.21. The van der Waals surface area contributed by atoms with Gasteiger partial charge >= 0.3 is 0 Å². The number of piperidine rings is 1. The Balaban J connectivity index is 2.13. The molecule has 92 valence electrons. The third-order valence-corrected chi connectivity index (χ3v) is 3.22. The number of nitrogens with two attached hydrogens (primary N) is 1. The van der Waals surface area contributed by atoms with Crippen LogP contribution < -0.4 is 10.6 Å². The first-order valence-electron chi connectivity index (χ1n) is 6.06. The summed E-state index contributed by atoms with van der Waals surface area (Å²) in [7, 11) is 0. The lowest BCUT2D eigenvalue weighted by Gasteiger charge is -2.32. The third-order valence-electron chi connectivity index (χ3n) is 3.22. The highest BCUT2D eigenvalue weighted by Gasteiger charge is 2.24. The molecule has 17 heavy (non-hydrogen) atoms. The van der Waals surface area contributed by atoms with E-state index in [2.05, 4.69) is 21.8 Å². The van der Waals surface area contributed by atoms with Crippen molar-refractivity contribution in [3.05, 3.63) is 18.1 Å². The highest BCUT2D eigenvalue weighted by molar-refractivity contribution is 5.77. The van der Waals surface area contributed by atoms with Crippen molar-refractivity contribution in [1.29, 1.82) is 0 Å². The summed E-state index contributed by atoms with van der Waals surface area (Å²) in [5.41, 5.74) is 6.39. The zero-order valence-electron chi connectivity index (χ0n) is 10.1. The molecular weight excluding hydrogens is 216 g/mol. The van der Waals surface area contributed by atoms with Gasteiger partial charge in [0.1, 0.15) is 12.1 Å². The number of carbonyl (C=O) groups is 1. The van der Waals surface area contributed by atoms with Crippen LogP contribution in [0.15, 0.2) is 12.4 Å². The number of anilines is 1. The Morgan fingerprint density at radius 2 is 2.41 bits per heavy atom. The summed E-state index contributed by atoms with van der Waals surface area (Å²) in [6.45, 7) is 3.67. The van der Waals surface area contributed by atoms with Crippen molar-refractivity contribution in [3.8, 4) is 0 Å². The van der Waals surface area contributed by atoms with E-state index >= 15 is 0 Å². The molecule has 0 aliphatic carbocycles. The smallest absolute Gasteiger partial charge is 0.222 e. The first kappa shape index (κ1) is 11.8. The Morgan fingerprint density at radius 3 is 3.12 bits per heavy atom. The Bertz CT molecular complexity index is 407. The average Bonchev–Trinajstić information content (AvgIpc) is 2.39. The molecule has 0 aromatic carbocycles. The van der Waals surface area contributed by atoms with E-state index in [9.17, 15) is 4.79 Å². The fraction of sp³-hybridized carbons (Fsp3) is 0.583. The number of primary amides is 1. The second kappa shape index (κ2) is 5.12. The minimum Gasteiger partial charge on any atom is -0.369 e. The van der Waals surface area contributed by atoms with Gasteiger partial charge in [-0.25, -0.2) is 9.97 Å². The number of carbonyl (C=O) groups excluding carboxylic acids is 1. The first-order valence-corrected chi connectivity index (χ1v) is 6.06. The van der Waals surface area contributed by atoms with E-state index in [0.29, 0.717) is 6.54 Å². The molecule has 0 saturated carbocycles. The van der Waals surface area contributed by atoms with Crippen LogP contribution in [0.3, 0.4) is 0 Å². The SMILES string of the molecule is CCc1cc(N2CCCC(C(N)=O)C2)ncn1. The molecule has 5 heteroatoms. The van der Waals surface area contributed by atoms with Gasteiger partial charge in [0.25, 0.3) is 0 Å². The molecule has 0 radical (unpaired) electrons. The summed E-state index contributed by atoms with van der Waals surface area (Å²) in [4.78, 5) is 21.8. The van der Waals surface area contributed by atoms with E-state index in [0.717, 1.165) is 37.3 Å². The topological polar surface area (TPSA) is 72.1 Å². The number of hydrogen-bond donors (Lipinski definition) is 1. The number of hydrogen-bond acceptors (Lipinski definition) is 4. The molecule has 0 bridgehead atoms. The number of aromatic nitrogens is 2. The molecular formula is C12H18N4O. The molecule has 2 rings (SSSR count). The lowest BCUT2D eigenvalue weighted by atomic mass is 9.97. The van der Waals surface area contributed by atoms with Crippen molar-refractivity contribution in [3.63, 3.8) is 0 Å². The van der Waals surface area contributed by atoms with Crippen LogP contribution in [0, 0.1) is 5.92 Å². The zero-order chi connectivity index (χ0) is 12.3.